The second kappa shape index (κ2) is 6.75. The lowest BCUT2D eigenvalue weighted by Gasteiger charge is -2.33. The number of para-hydroxylation sites is 1. The van der Waals surface area contributed by atoms with E-state index >= 15 is 0 Å². The first-order valence-electron chi connectivity index (χ1n) is 7.38. The van der Waals surface area contributed by atoms with E-state index in [2.05, 4.69) is 0 Å². The van der Waals surface area contributed by atoms with Crippen LogP contribution in [0.25, 0.3) is 0 Å². The lowest BCUT2D eigenvalue weighted by Crippen LogP contribution is -2.50. The van der Waals surface area contributed by atoms with Gasteiger partial charge in [-0.05, 0) is 37.8 Å². The van der Waals surface area contributed by atoms with Gasteiger partial charge in [-0.3, -0.25) is 4.79 Å². The van der Waals surface area contributed by atoms with E-state index in [9.17, 15) is 4.79 Å². The quantitative estimate of drug-likeness (QED) is 0.916. The molecule has 1 aromatic carbocycles. The van der Waals surface area contributed by atoms with Crippen LogP contribution in [0.5, 0.6) is 5.75 Å². The topological polar surface area (TPSA) is 55.6 Å². The molecule has 0 saturated carbocycles. The fraction of sp³-hybridized carbons (Fsp3) is 0.562. The standard InChI is InChI=1S/C16H24N2O2/c1-3-14(20-15-9-5-4-7-12(15)2)16(19)18-10-6-8-13(17)11-18/h4-5,7,9,13-14H,3,6,8,10-11,17H2,1-2H3/t13-,14-/m0/s1. The van der Waals surface area contributed by atoms with Crippen molar-refractivity contribution in [1.29, 1.82) is 0 Å². The molecule has 0 unspecified atom stereocenters. The summed E-state index contributed by atoms with van der Waals surface area (Å²) in [4.78, 5) is 14.4. The van der Waals surface area contributed by atoms with E-state index in [-0.39, 0.29) is 11.9 Å². The maximum atomic E-state index is 12.5. The first kappa shape index (κ1) is 14.9. The SMILES string of the molecule is CC[C@H](Oc1ccccc1C)C(=O)N1CCC[C@H](N)C1. The number of amides is 1. The summed E-state index contributed by atoms with van der Waals surface area (Å²) in [5.74, 6) is 0.847. The Labute approximate surface area is 120 Å². The Balaban J connectivity index is 2.04. The molecule has 1 aliphatic rings. The average Bonchev–Trinajstić information content (AvgIpc) is 2.46. The second-order valence-electron chi connectivity index (χ2n) is 5.47. The van der Waals surface area contributed by atoms with E-state index in [1.54, 1.807) is 0 Å². The summed E-state index contributed by atoms with van der Waals surface area (Å²) < 4.78 is 5.91. The zero-order valence-electron chi connectivity index (χ0n) is 12.3. The number of hydrogen-bond acceptors (Lipinski definition) is 3. The summed E-state index contributed by atoms with van der Waals surface area (Å²) in [6.07, 6.45) is 2.23. The molecule has 1 heterocycles. The number of likely N-dealkylation sites (tertiary alicyclic amines) is 1. The van der Waals surface area contributed by atoms with E-state index in [1.165, 1.54) is 0 Å². The predicted octanol–water partition coefficient (Wildman–Crippen LogP) is 2.10. The molecule has 1 aromatic rings. The zero-order chi connectivity index (χ0) is 14.5. The summed E-state index contributed by atoms with van der Waals surface area (Å²) in [6.45, 7) is 5.40. The number of nitrogens with zero attached hydrogens (tertiary/aromatic N) is 1. The second-order valence-corrected chi connectivity index (χ2v) is 5.47. The Morgan fingerprint density at radius 1 is 1.50 bits per heavy atom. The van der Waals surface area contributed by atoms with Crippen LogP contribution in [0.15, 0.2) is 24.3 Å². The fourth-order valence-electron chi connectivity index (χ4n) is 2.56. The van der Waals surface area contributed by atoms with Crippen molar-refractivity contribution in [2.45, 2.75) is 45.3 Å². The van der Waals surface area contributed by atoms with Crippen molar-refractivity contribution in [2.75, 3.05) is 13.1 Å². The molecule has 4 heteroatoms. The number of ether oxygens (including phenoxy) is 1. The van der Waals surface area contributed by atoms with E-state index in [0.717, 1.165) is 30.7 Å². The Kier molecular flexibility index (Phi) is 5.01. The molecule has 1 fully saturated rings. The Morgan fingerprint density at radius 3 is 2.90 bits per heavy atom. The van der Waals surface area contributed by atoms with Gasteiger partial charge in [0, 0.05) is 19.1 Å². The van der Waals surface area contributed by atoms with Gasteiger partial charge in [-0.15, -0.1) is 0 Å². The van der Waals surface area contributed by atoms with Gasteiger partial charge in [0.1, 0.15) is 5.75 Å². The number of carbonyl (C=O) groups is 1. The minimum absolute atomic E-state index is 0.0610. The predicted molar refractivity (Wildman–Crippen MR) is 79.7 cm³/mol. The molecule has 0 aliphatic carbocycles. The molecule has 0 bridgehead atoms. The van der Waals surface area contributed by atoms with Crippen LogP contribution in [-0.4, -0.2) is 36.0 Å². The lowest BCUT2D eigenvalue weighted by molar-refractivity contribution is -0.140. The maximum Gasteiger partial charge on any atom is 0.263 e. The summed E-state index contributed by atoms with van der Waals surface area (Å²) in [6, 6.07) is 7.89. The Morgan fingerprint density at radius 2 is 2.25 bits per heavy atom. The lowest BCUT2D eigenvalue weighted by atomic mass is 10.1. The van der Waals surface area contributed by atoms with E-state index < -0.39 is 6.10 Å². The van der Waals surface area contributed by atoms with Gasteiger partial charge in [-0.25, -0.2) is 0 Å². The smallest absolute Gasteiger partial charge is 0.263 e. The van der Waals surface area contributed by atoms with Crippen LogP contribution in [0.3, 0.4) is 0 Å². The van der Waals surface area contributed by atoms with E-state index in [4.69, 9.17) is 10.5 Å². The van der Waals surface area contributed by atoms with Crippen LogP contribution in [0.2, 0.25) is 0 Å². The van der Waals surface area contributed by atoms with Crippen molar-refractivity contribution in [1.82, 2.24) is 4.90 Å². The van der Waals surface area contributed by atoms with Crippen LogP contribution in [-0.2, 0) is 4.79 Å². The van der Waals surface area contributed by atoms with Gasteiger partial charge < -0.3 is 15.4 Å². The normalized spacial score (nSPS) is 20.6. The maximum absolute atomic E-state index is 12.5. The van der Waals surface area contributed by atoms with Crippen molar-refractivity contribution in [3.05, 3.63) is 29.8 Å². The van der Waals surface area contributed by atoms with Gasteiger partial charge in [0.2, 0.25) is 0 Å². The molecule has 110 valence electrons. The molecule has 2 rings (SSSR count). The number of carbonyl (C=O) groups excluding carboxylic acids is 1. The molecule has 1 saturated heterocycles. The van der Waals surface area contributed by atoms with Crippen LogP contribution >= 0.6 is 0 Å². The summed E-state index contributed by atoms with van der Waals surface area (Å²) in [5, 5.41) is 0. The first-order valence-corrected chi connectivity index (χ1v) is 7.38. The minimum Gasteiger partial charge on any atom is -0.480 e. The van der Waals surface area contributed by atoms with Gasteiger partial charge in [-0.2, -0.15) is 0 Å². The Hall–Kier alpha value is -1.55. The zero-order valence-corrected chi connectivity index (χ0v) is 12.3. The summed E-state index contributed by atoms with van der Waals surface area (Å²) >= 11 is 0. The van der Waals surface area contributed by atoms with Crippen LogP contribution in [0.1, 0.15) is 31.7 Å². The third-order valence-electron chi connectivity index (χ3n) is 3.78. The Bertz CT molecular complexity index is 462. The summed E-state index contributed by atoms with van der Waals surface area (Å²) in [7, 11) is 0. The van der Waals surface area contributed by atoms with Crippen LogP contribution in [0.4, 0.5) is 0 Å². The van der Waals surface area contributed by atoms with Gasteiger partial charge >= 0.3 is 0 Å². The van der Waals surface area contributed by atoms with E-state index in [0.29, 0.717) is 13.0 Å². The average molecular weight is 276 g/mol. The molecule has 1 amide bonds. The number of aryl methyl sites for hydroxylation is 1. The van der Waals surface area contributed by atoms with Crippen LogP contribution in [0, 0.1) is 6.92 Å². The van der Waals surface area contributed by atoms with Crippen molar-refractivity contribution in [3.8, 4) is 5.75 Å². The molecule has 0 spiro atoms. The van der Waals surface area contributed by atoms with Crippen molar-refractivity contribution < 1.29 is 9.53 Å². The highest BCUT2D eigenvalue weighted by Gasteiger charge is 2.28. The van der Waals surface area contributed by atoms with Crippen molar-refractivity contribution in [2.24, 2.45) is 5.73 Å². The third-order valence-corrected chi connectivity index (χ3v) is 3.78. The number of nitrogens with two attached hydrogens (primary N) is 1. The third kappa shape index (κ3) is 3.51. The highest BCUT2D eigenvalue weighted by atomic mass is 16.5. The molecule has 0 radical (unpaired) electrons. The monoisotopic (exact) mass is 276 g/mol. The molecular formula is C16H24N2O2. The van der Waals surface area contributed by atoms with Crippen molar-refractivity contribution >= 4 is 5.91 Å². The molecule has 2 N–H and O–H groups in total. The molecule has 4 nitrogen and oxygen atoms in total. The van der Waals surface area contributed by atoms with Gasteiger partial charge in [0.15, 0.2) is 6.10 Å². The van der Waals surface area contributed by atoms with Gasteiger partial charge in [-0.1, -0.05) is 25.1 Å². The highest BCUT2D eigenvalue weighted by molar-refractivity contribution is 5.81. The van der Waals surface area contributed by atoms with Crippen molar-refractivity contribution in [3.63, 3.8) is 0 Å². The molecule has 1 aliphatic heterocycles. The number of piperidine rings is 1. The van der Waals surface area contributed by atoms with Gasteiger partial charge in [0.05, 0.1) is 0 Å². The number of rotatable bonds is 4. The summed E-state index contributed by atoms with van der Waals surface area (Å²) in [5.41, 5.74) is 7.00. The molecule has 0 aromatic heterocycles. The molecule has 2 atom stereocenters. The molecular weight excluding hydrogens is 252 g/mol. The van der Waals surface area contributed by atoms with Gasteiger partial charge in [0.25, 0.3) is 5.91 Å². The number of benzene rings is 1. The number of hydrogen-bond donors (Lipinski definition) is 1. The van der Waals surface area contributed by atoms with E-state index in [1.807, 2.05) is 43.0 Å². The first-order chi connectivity index (χ1) is 9.61. The highest BCUT2D eigenvalue weighted by Crippen LogP contribution is 2.20. The minimum atomic E-state index is -0.415. The van der Waals surface area contributed by atoms with Crippen LogP contribution < -0.4 is 10.5 Å². The fourth-order valence-corrected chi connectivity index (χ4v) is 2.56. The largest absolute Gasteiger partial charge is 0.480 e. The molecule has 20 heavy (non-hydrogen) atoms.